The molecule has 0 radical (unpaired) electrons. The van der Waals surface area contributed by atoms with Crippen LogP contribution in [-0.2, 0) is 19.1 Å². The van der Waals surface area contributed by atoms with E-state index in [1.54, 1.807) is 0 Å². The largest absolute Gasteiger partial charge is 0.466 e. The van der Waals surface area contributed by atoms with Crippen molar-refractivity contribution in [2.45, 2.75) is 77.0 Å². The average molecular weight is 417 g/mol. The number of halogens is 2. The molecule has 0 heterocycles. The molecule has 0 aliphatic carbocycles. The molecule has 8 heteroatoms. The predicted octanol–water partition coefficient (Wildman–Crippen LogP) is 3.52. The van der Waals surface area contributed by atoms with Crippen molar-refractivity contribution in [3.05, 3.63) is 0 Å². The van der Waals surface area contributed by atoms with Crippen LogP contribution in [0.3, 0.4) is 0 Å². The van der Waals surface area contributed by atoms with Gasteiger partial charge in [0.05, 0.1) is 13.2 Å². The molecule has 0 amide bonds. The first-order valence-electron chi connectivity index (χ1n) is 9.42. The first-order valence-corrected chi connectivity index (χ1v) is 9.42. The molecule has 0 aromatic heterocycles. The van der Waals surface area contributed by atoms with Gasteiger partial charge in [-0.25, -0.2) is 0 Å². The maximum absolute atomic E-state index is 11.4. The van der Waals surface area contributed by atoms with Crippen LogP contribution in [0.4, 0.5) is 0 Å². The molecular formula is C18H38Cl2N2O4. The SMILES string of the molecule is Cl.Cl.NCCCCCC(=O)OCCCCCCOC(=O)CCCCCN. The lowest BCUT2D eigenvalue weighted by Crippen LogP contribution is -2.07. The Morgan fingerprint density at radius 1 is 0.538 bits per heavy atom. The van der Waals surface area contributed by atoms with E-state index in [1.807, 2.05) is 0 Å². The van der Waals surface area contributed by atoms with Gasteiger partial charge in [-0.2, -0.15) is 0 Å². The van der Waals surface area contributed by atoms with Gasteiger partial charge in [0.15, 0.2) is 0 Å². The molecule has 0 saturated carbocycles. The third kappa shape index (κ3) is 23.4. The zero-order valence-electron chi connectivity index (χ0n) is 15.9. The van der Waals surface area contributed by atoms with Gasteiger partial charge in [-0.1, -0.05) is 12.8 Å². The second-order valence-electron chi connectivity index (χ2n) is 6.05. The summed E-state index contributed by atoms with van der Waals surface area (Å²) in [7, 11) is 0. The Kier molecular flexibility index (Phi) is 28.4. The Labute approximate surface area is 170 Å². The Balaban J connectivity index is -0.00000264. The minimum absolute atomic E-state index is 0. The van der Waals surface area contributed by atoms with E-state index in [1.165, 1.54) is 0 Å². The summed E-state index contributed by atoms with van der Waals surface area (Å²) < 4.78 is 10.3. The van der Waals surface area contributed by atoms with Crippen LogP contribution in [0.15, 0.2) is 0 Å². The number of hydrogen-bond acceptors (Lipinski definition) is 6. The normalized spacial score (nSPS) is 9.77. The number of carbonyl (C=O) groups is 2. The van der Waals surface area contributed by atoms with Gasteiger partial charge < -0.3 is 20.9 Å². The Hall–Kier alpha value is -0.560. The van der Waals surface area contributed by atoms with Crippen molar-refractivity contribution >= 4 is 36.8 Å². The Morgan fingerprint density at radius 3 is 1.23 bits per heavy atom. The van der Waals surface area contributed by atoms with E-state index in [0.29, 0.717) is 39.1 Å². The molecular weight excluding hydrogens is 379 g/mol. The Morgan fingerprint density at radius 2 is 0.885 bits per heavy atom. The summed E-state index contributed by atoms with van der Waals surface area (Å²) >= 11 is 0. The standard InChI is InChI=1S/C18H36N2O4.2ClH/c19-13-7-3-5-11-17(21)23-15-9-1-2-10-16-24-18(22)12-6-4-8-14-20;;/h1-16,19-20H2;2*1H. The quantitative estimate of drug-likeness (QED) is 0.277. The lowest BCUT2D eigenvalue weighted by molar-refractivity contribution is -0.145. The van der Waals surface area contributed by atoms with E-state index >= 15 is 0 Å². The van der Waals surface area contributed by atoms with Gasteiger partial charge in [0.2, 0.25) is 0 Å². The molecule has 26 heavy (non-hydrogen) atoms. The lowest BCUT2D eigenvalue weighted by atomic mass is 10.2. The van der Waals surface area contributed by atoms with Crippen LogP contribution in [0.25, 0.3) is 0 Å². The van der Waals surface area contributed by atoms with Crippen LogP contribution in [-0.4, -0.2) is 38.2 Å². The molecule has 4 N–H and O–H groups in total. The molecule has 0 aromatic rings. The fraction of sp³-hybridized carbons (Fsp3) is 0.889. The molecule has 0 aromatic carbocycles. The van der Waals surface area contributed by atoms with E-state index in [2.05, 4.69) is 0 Å². The zero-order valence-corrected chi connectivity index (χ0v) is 17.6. The van der Waals surface area contributed by atoms with Crippen LogP contribution < -0.4 is 11.5 Å². The number of hydrogen-bond donors (Lipinski definition) is 2. The molecule has 158 valence electrons. The highest BCUT2D eigenvalue weighted by molar-refractivity contribution is 5.85. The fourth-order valence-corrected chi connectivity index (χ4v) is 2.25. The van der Waals surface area contributed by atoms with E-state index in [-0.39, 0.29) is 36.8 Å². The number of carbonyl (C=O) groups excluding carboxylic acids is 2. The number of esters is 2. The second-order valence-corrected chi connectivity index (χ2v) is 6.05. The highest BCUT2D eigenvalue weighted by Gasteiger charge is 2.03. The topological polar surface area (TPSA) is 105 Å². The lowest BCUT2D eigenvalue weighted by Gasteiger charge is -2.06. The maximum atomic E-state index is 11.4. The molecule has 0 saturated heterocycles. The van der Waals surface area contributed by atoms with Crippen LogP contribution in [0, 0.1) is 0 Å². The van der Waals surface area contributed by atoms with Crippen LogP contribution >= 0.6 is 24.8 Å². The van der Waals surface area contributed by atoms with Crippen molar-refractivity contribution in [2.24, 2.45) is 11.5 Å². The molecule has 0 fully saturated rings. The highest BCUT2D eigenvalue weighted by Crippen LogP contribution is 2.05. The number of rotatable bonds is 17. The smallest absolute Gasteiger partial charge is 0.305 e. The predicted molar refractivity (Wildman–Crippen MR) is 110 cm³/mol. The summed E-state index contributed by atoms with van der Waals surface area (Å²) in [5.41, 5.74) is 10.8. The fourth-order valence-electron chi connectivity index (χ4n) is 2.25. The molecule has 0 atom stereocenters. The van der Waals surface area contributed by atoms with Gasteiger partial charge >= 0.3 is 11.9 Å². The van der Waals surface area contributed by atoms with Gasteiger partial charge in [-0.15, -0.1) is 24.8 Å². The zero-order chi connectivity index (χ0) is 17.9. The second kappa shape index (κ2) is 24.4. The van der Waals surface area contributed by atoms with Crippen molar-refractivity contribution < 1.29 is 19.1 Å². The van der Waals surface area contributed by atoms with E-state index in [4.69, 9.17) is 20.9 Å². The van der Waals surface area contributed by atoms with Gasteiger partial charge in [-0.05, 0) is 64.5 Å². The van der Waals surface area contributed by atoms with Gasteiger partial charge in [0.25, 0.3) is 0 Å². The Bertz CT molecular complexity index is 292. The van der Waals surface area contributed by atoms with Crippen molar-refractivity contribution in [2.75, 3.05) is 26.3 Å². The van der Waals surface area contributed by atoms with Crippen molar-refractivity contribution in [3.8, 4) is 0 Å². The maximum Gasteiger partial charge on any atom is 0.305 e. The third-order valence-electron chi connectivity index (χ3n) is 3.73. The molecule has 6 nitrogen and oxygen atoms in total. The summed E-state index contributed by atoms with van der Waals surface area (Å²) in [4.78, 5) is 22.9. The van der Waals surface area contributed by atoms with Crippen molar-refractivity contribution in [1.29, 1.82) is 0 Å². The van der Waals surface area contributed by atoms with E-state index in [9.17, 15) is 9.59 Å². The number of ether oxygens (including phenoxy) is 2. The number of unbranched alkanes of at least 4 members (excludes halogenated alkanes) is 7. The molecule has 0 aliphatic heterocycles. The minimum Gasteiger partial charge on any atom is -0.466 e. The first kappa shape index (κ1) is 30.2. The number of nitrogens with two attached hydrogens (primary N) is 2. The molecule has 0 unspecified atom stereocenters. The van der Waals surface area contributed by atoms with Gasteiger partial charge in [0.1, 0.15) is 0 Å². The van der Waals surface area contributed by atoms with Gasteiger partial charge in [0, 0.05) is 12.8 Å². The molecule has 0 rings (SSSR count). The van der Waals surface area contributed by atoms with E-state index in [0.717, 1.165) is 64.2 Å². The third-order valence-corrected chi connectivity index (χ3v) is 3.73. The minimum atomic E-state index is -0.115. The van der Waals surface area contributed by atoms with Crippen molar-refractivity contribution in [1.82, 2.24) is 0 Å². The summed E-state index contributed by atoms with van der Waals surface area (Å²) in [6.07, 6.45) is 10.3. The summed E-state index contributed by atoms with van der Waals surface area (Å²) in [6.45, 7) is 2.32. The van der Waals surface area contributed by atoms with Crippen LogP contribution in [0.1, 0.15) is 77.0 Å². The van der Waals surface area contributed by atoms with Crippen molar-refractivity contribution in [3.63, 3.8) is 0 Å². The van der Waals surface area contributed by atoms with Crippen LogP contribution in [0.5, 0.6) is 0 Å². The average Bonchev–Trinajstić information content (AvgIpc) is 2.58. The highest BCUT2D eigenvalue weighted by atomic mass is 35.5. The first-order chi connectivity index (χ1) is 11.7. The van der Waals surface area contributed by atoms with Gasteiger partial charge in [-0.3, -0.25) is 9.59 Å². The summed E-state index contributed by atoms with van der Waals surface area (Å²) in [6, 6.07) is 0. The summed E-state index contributed by atoms with van der Waals surface area (Å²) in [5, 5.41) is 0. The molecule has 0 bridgehead atoms. The monoisotopic (exact) mass is 416 g/mol. The summed E-state index contributed by atoms with van der Waals surface area (Å²) in [5.74, 6) is -0.230. The molecule has 0 spiro atoms. The van der Waals surface area contributed by atoms with Crippen LogP contribution in [0.2, 0.25) is 0 Å². The van der Waals surface area contributed by atoms with E-state index < -0.39 is 0 Å². The molecule has 0 aliphatic rings.